The molecule has 0 radical (unpaired) electrons. The standard InChI is InChI=1S/C6H13ClO3/c1-9-4-6(10-2)5(8)3-7/h5-6,8H,3-4H2,1-2H3. The van der Waals surface area contributed by atoms with Crippen LogP contribution in [0.15, 0.2) is 0 Å². The number of alkyl halides is 1. The van der Waals surface area contributed by atoms with Crippen LogP contribution in [0.2, 0.25) is 0 Å². The molecule has 0 aromatic carbocycles. The van der Waals surface area contributed by atoms with E-state index in [4.69, 9.17) is 26.2 Å². The average Bonchev–Trinajstić information content (AvgIpc) is 1.99. The minimum atomic E-state index is -0.647. The third kappa shape index (κ3) is 3.37. The zero-order chi connectivity index (χ0) is 7.98. The van der Waals surface area contributed by atoms with Crippen molar-refractivity contribution in [2.45, 2.75) is 12.2 Å². The Kier molecular flexibility index (Phi) is 6.02. The molecule has 0 aliphatic rings. The Morgan fingerprint density at radius 1 is 1.50 bits per heavy atom. The molecule has 0 aromatic rings. The van der Waals surface area contributed by atoms with Gasteiger partial charge in [-0.25, -0.2) is 0 Å². The van der Waals surface area contributed by atoms with Crippen LogP contribution < -0.4 is 0 Å². The van der Waals surface area contributed by atoms with Gasteiger partial charge in [0.05, 0.1) is 18.6 Å². The van der Waals surface area contributed by atoms with Crippen molar-refractivity contribution in [3.8, 4) is 0 Å². The van der Waals surface area contributed by atoms with Crippen LogP contribution in [0.4, 0.5) is 0 Å². The molecule has 0 saturated heterocycles. The summed E-state index contributed by atoms with van der Waals surface area (Å²) in [5, 5.41) is 9.11. The molecular weight excluding hydrogens is 156 g/mol. The van der Waals surface area contributed by atoms with Gasteiger partial charge in [0.1, 0.15) is 6.10 Å². The molecule has 0 bridgehead atoms. The third-order valence-electron chi connectivity index (χ3n) is 1.22. The minimum absolute atomic E-state index is 0.169. The highest BCUT2D eigenvalue weighted by Gasteiger charge is 2.16. The Morgan fingerprint density at radius 3 is 2.40 bits per heavy atom. The first kappa shape index (κ1) is 10.2. The van der Waals surface area contributed by atoms with Gasteiger partial charge in [-0.3, -0.25) is 0 Å². The summed E-state index contributed by atoms with van der Waals surface area (Å²) >= 11 is 5.38. The van der Waals surface area contributed by atoms with Crippen molar-refractivity contribution in [1.82, 2.24) is 0 Å². The Bertz CT molecular complexity index is 79.4. The molecule has 0 saturated carbocycles. The van der Waals surface area contributed by atoms with E-state index in [2.05, 4.69) is 0 Å². The minimum Gasteiger partial charge on any atom is -0.389 e. The first-order valence-corrected chi connectivity index (χ1v) is 3.55. The van der Waals surface area contributed by atoms with Crippen molar-refractivity contribution in [3.63, 3.8) is 0 Å². The zero-order valence-corrected chi connectivity index (χ0v) is 6.97. The number of aliphatic hydroxyl groups is 1. The number of halogens is 1. The number of hydrogen-bond acceptors (Lipinski definition) is 3. The van der Waals surface area contributed by atoms with Gasteiger partial charge in [0.25, 0.3) is 0 Å². The van der Waals surface area contributed by atoms with Gasteiger partial charge < -0.3 is 14.6 Å². The van der Waals surface area contributed by atoms with Gasteiger partial charge in [-0.05, 0) is 0 Å². The zero-order valence-electron chi connectivity index (χ0n) is 6.21. The SMILES string of the molecule is COCC(OC)C(O)CCl. The second-order valence-corrected chi connectivity index (χ2v) is 2.26. The lowest BCUT2D eigenvalue weighted by Crippen LogP contribution is -2.33. The Morgan fingerprint density at radius 2 is 2.10 bits per heavy atom. The summed E-state index contributed by atoms with van der Waals surface area (Å²) in [6.45, 7) is 0.365. The van der Waals surface area contributed by atoms with Gasteiger partial charge in [-0.1, -0.05) is 0 Å². The van der Waals surface area contributed by atoms with Crippen LogP contribution in [0.1, 0.15) is 0 Å². The normalized spacial score (nSPS) is 16.8. The summed E-state index contributed by atoms with van der Waals surface area (Å²) in [5.41, 5.74) is 0. The molecule has 3 nitrogen and oxygen atoms in total. The second-order valence-electron chi connectivity index (χ2n) is 1.95. The fraction of sp³-hybridized carbons (Fsp3) is 1.00. The monoisotopic (exact) mass is 168 g/mol. The number of hydrogen-bond donors (Lipinski definition) is 1. The highest BCUT2D eigenvalue weighted by atomic mass is 35.5. The fourth-order valence-corrected chi connectivity index (χ4v) is 0.799. The highest BCUT2D eigenvalue weighted by molar-refractivity contribution is 6.18. The smallest absolute Gasteiger partial charge is 0.107 e. The van der Waals surface area contributed by atoms with Crippen LogP contribution in [-0.4, -0.2) is 44.0 Å². The largest absolute Gasteiger partial charge is 0.389 e. The molecule has 0 fully saturated rings. The number of aliphatic hydroxyl groups excluding tert-OH is 1. The molecule has 0 heterocycles. The van der Waals surface area contributed by atoms with E-state index in [1.807, 2.05) is 0 Å². The quantitative estimate of drug-likeness (QED) is 0.598. The second kappa shape index (κ2) is 5.92. The molecule has 4 heteroatoms. The summed E-state index contributed by atoms with van der Waals surface area (Å²) in [5.74, 6) is 0.169. The van der Waals surface area contributed by atoms with E-state index in [9.17, 15) is 0 Å². The van der Waals surface area contributed by atoms with E-state index in [-0.39, 0.29) is 12.0 Å². The van der Waals surface area contributed by atoms with Crippen LogP contribution in [0, 0.1) is 0 Å². The number of methoxy groups -OCH3 is 2. The Balaban J connectivity index is 3.56. The van der Waals surface area contributed by atoms with E-state index in [1.54, 1.807) is 7.11 Å². The fourth-order valence-electron chi connectivity index (χ4n) is 0.600. The molecule has 0 aliphatic carbocycles. The molecule has 62 valence electrons. The van der Waals surface area contributed by atoms with E-state index in [1.165, 1.54) is 7.11 Å². The van der Waals surface area contributed by atoms with Gasteiger partial charge in [-0.15, -0.1) is 11.6 Å². The van der Waals surface area contributed by atoms with Crippen molar-refractivity contribution in [2.24, 2.45) is 0 Å². The van der Waals surface area contributed by atoms with Crippen molar-refractivity contribution in [2.75, 3.05) is 26.7 Å². The Labute approximate surface area is 65.9 Å². The average molecular weight is 169 g/mol. The Hall–Kier alpha value is 0.170. The topological polar surface area (TPSA) is 38.7 Å². The molecule has 0 amide bonds. The van der Waals surface area contributed by atoms with E-state index in [0.717, 1.165) is 0 Å². The molecule has 0 aromatic heterocycles. The summed E-state index contributed by atoms with van der Waals surface area (Å²) < 4.78 is 9.66. The van der Waals surface area contributed by atoms with Gasteiger partial charge >= 0.3 is 0 Å². The van der Waals surface area contributed by atoms with Gasteiger partial charge in [-0.2, -0.15) is 0 Å². The predicted octanol–water partition coefficient (Wildman–Crippen LogP) is 0.247. The van der Waals surface area contributed by atoms with Gasteiger partial charge in [0.15, 0.2) is 0 Å². The third-order valence-corrected chi connectivity index (χ3v) is 1.54. The maximum absolute atomic E-state index is 9.11. The molecule has 0 aliphatic heterocycles. The van der Waals surface area contributed by atoms with Crippen LogP contribution in [0.25, 0.3) is 0 Å². The van der Waals surface area contributed by atoms with Crippen molar-refractivity contribution in [3.05, 3.63) is 0 Å². The van der Waals surface area contributed by atoms with E-state index in [0.29, 0.717) is 6.61 Å². The van der Waals surface area contributed by atoms with Crippen LogP contribution >= 0.6 is 11.6 Å². The lowest BCUT2D eigenvalue weighted by atomic mass is 10.2. The lowest BCUT2D eigenvalue weighted by Gasteiger charge is -2.18. The van der Waals surface area contributed by atoms with Crippen molar-refractivity contribution >= 4 is 11.6 Å². The maximum Gasteiger partial charge on any atom is 0.107 e. The summed E-state index contributed by atoms with van der Waals surface area (Å²) in [6.07, 6.45) is -0.964. The molecule has 0 spiro atoms. The molecule has 0 rings (SSSR count). The van der Waals surface area contributed by atoms with Crippen molar-refractivity contribution in [1.29, 1.82) is 0 Å². The predicted molar refractivity (Wildman–Crippen MR) is 39.4 cm³/mol. The summed E-state index contributed by atoms with van der Waals surface area (Å²) in [4.78, 5) is 0. The molecular formula is C6H13ClO3. The highest BCUT2D eigenvalue weighted by Crippen LogP contribution is 2.00. The van der Waals surface area contributed by atoms with Crippen LogP contribution in [-0.2, 0) is 9.47 Å². The van der Waals surface area contributed by atoms with Gasteiger partial charge in [0.2, 0.25) is 0 Å². The van der Waals surface area contributed by atoms with Crippen molar-refractivity contribution < 1.29 is 14.6 Å². The summed E-state index contributed by atoms with van der Waals surface area (Å²) in [7, 11) is 3.06. The molecule has 2 atom stereocenters. The number of ether oxygens (including phenoxy) is 2. The lowest BCUT2D eigenvalue weighted by molar-refractivity contribution is -0.0419. The van der Waals surface area contributed by atoms with E-state index >= 15 is 0 Å². The number of rotatable bonds is 5. The molecule has 10 heavy (non-hydrogen) atoms. The molecule has 1 N–H and O–H groups in total. The maximum atomic E-state index is 9.11. The first-order valence-electron chi connectivity index (χ1n) is 3.02. The molecule has 2 unspecified atom stereocenters. The van der Waals surface area contributed by atoms with Crippen LogP contribution in [0.5, 0.6) is 0 Å². The van der Waals surface area contributed by atoms with Gasteiger partial charge in [0, 0.05) is 14.2 Å². The van der Waals surface area contributed by atoms with E-state index < -0.39 is 6.10 Å². The summed E-state index contributed by atoms with van der Waals surface area (Å²) in [6, 6.07) is 0. The van der Waals surface area contributed by atoms with Crippen LogP contribution in [0.3, 0.4) is 0 Å². The first-order chi connectivity index (χ1) is 4.76.